The van der Waals surface area contributed by atoms with Gasteiger partial charge in [-0.2, -0.15) is 8.42 Å². The van der Waals surface area contributed by atoms with Crippen LogP contribution >= 0.6 is 11.3 Å². The molecular formula is C14H9N3O4S2. The zero-order valence-corrected chi connectivity index (χ0v) is 13.0. The Labute approximate surface area is 134 Å². The molecule has 3 aromatic rings. The third-order valence-electron chi connectivity index (χ3n) is 3.46. The standard InChI is InChI=1S/C14H9N3O4S2/c18-11-10(14(19)16-8-5-6-22-12(8)11)13-15-7-3-1-2-4-9(7)23(20,21)17-13/h1-6H,(H,15,17)(H2,16,18,19). The number of aromatic hydroxyl groups is 1. The molecule has 4 rings (SSSR count). The van der Waals surface area contributed by atoms with E-state index >= 15 is 0 Å². The van der Waals surface area contributed by atoms with Gasteiger partial charge in [0, 0.05) is 0 Å². The SMILES string of the molecule is O=c1[nH]c2ccsc2c(O)c1C1=NS(=O)(=O)c2ccccc2N1. The molecule has 0 spiro atoms. The molecule has 23 heavy (non-hydrogen) atoms. The van der Waals surface area contributed by atoms with Gasteiger partial charge < -0.3 is 15.4 Å². The number of rotatable bonds is 1. The summed E-state index contributed by atoms with van der Waals surface area (Å²) in [6, 6.07) is 7.89. The van der Waals surface area contributed by atoms with Crippen LogP contribution in [0.5, 0.6) is 5.75 Å². The largest absolute Gasteiger partial charge is 0.505 e. The number of aromatic nitrogens is 1. The van der Waals surface area contributed by atoms with Crippen LogP contribution in [0.2, 0.25) is 0 Å². The molecule has 9 heteroatoms. The fourth-order valence-electron chi connectivity index (χ4n) is 2.44. The highest BCUT2D eigenvalue weighted by Gasteiger charge is 2.28. The second-order valence-electron chi connectivity index (χ2n) is 4.88. The molecule has 7 nitrogen and oxygen atoms in total. The van der Waals surface area contributed by atoms with Crippen LogP contribution in [-0.4, -0.2) is 24.3 Å². The number of nitrogens with one attached hydrogen (secondary N) is 2. The minimum Gasteiger partial charge on any atom is -0.505 e. The number of benzene rings is 1. The van der Waals surface area contributed by atoms with Gasteiger partial charge in [0.2, 0.25) is 0 Å². The Morgan fingerprint density at radius 3 is 2.78 bits per heavy atom. The highest BCUT2D eigenvalue weighted by atomic mass is 32.2. The zero-order valence-electron chi connectivity index (χ0n) is 11.4. The van der Waals surface area contributed by atoms with Crippen molar-refractivity contribution in [1.82, 2.24) is 4.98 Å². The van der Waals surface area contributed by atoms with Crippen LogP contribution in [0.4, 0.5) is 5.69 Å². The second-order valence-corrected chi connectivity index (χ2v) is 7.37. The Morgan fingerprint density at radius 1 is 1.17 bits per heavy atom. The highest BCUT2D eigenvalue weighted by Crippen LogP contribution is 2.33. The molecule has 0 fully saturated rings. The Balaban J connectivity index is 2.00. The zero-order chi connectivity index (χ0) is 16.2. The van der Waals surface area contributed by atoms with Crippen molar-refractivity contribution in [3.8, 4) is 5.75 Å². The van der Waals surface area contributed by atoms with E-state index in [-0.39, 0.29) is 22.0 Å². The van der Waals surface area contributed by atoms with Gasteiger partial charge in [0.05, 0.1) is 15.9 Å². The number of fused-ring (bicyclic) bond motifs is 2. The first-order chi connectivity index (χ1) is 11.0. The number of pyridine rings is 1. The van der Waals surface area contributed by atoms with E-state index in [1.54, 1.807) is 29.6 Å². The number of anilines is 1. The van der Waals surface area contributed by atoms with Crippen molar-refractivity contribution in [3.05, 3.63) is 51.6 Å². The average molecular weight is 347 g/mol. The summed E-state index contributed by atoms with van der Waals surface area (Å²) in [5.74, 6) is -0.489. The van der Waals surface area contributed by atoms with Gasteiger partial charge in [0.25, 0.3) is 15.6 Å². The molecular weight excluding hydrogens is 338 g/mol. The van der Waals surface area contributed by atoms with E-state index in [9.17, 15) is 18.3 Å². The van der Waals surface area contributed by atoms with E-state index < -0.39 is 15.6 Å². The van der Waals surface area contributed by atoms with Crippen molar-refractivity contribution in [1.29, 1.82) is 0 Å². The van der Waals surface area contributed by atoms with E-state index in [0.717, 1.165) is 0 Å². The molecule has 3 N–H and O–H groups in total. The van der Waals surface area contributed by atoms with Crippen molar-refractivity contribution in [2.45, 2.75) is 4.90 Å². The summed E-state index contributed by atoms with van der Waals surface area (Å²) >= 11 is 1.23. The van der Waals surface area contributed by atoms with Gasteiger partial charge in [0.15, 0.2) is 11.6 Å². The van der Waals surface area contributed by atoms with Gasteiger partial charge in [-0.3, -0.25) is 4.79 Å². The Hall–Kier alpha value is -2.65. The van der Waals surface area contributed by atoms with Crippen molar-refractivity contribution in [2.75, 3.05) is 5.32 Å². The van der Waals surface area contributed by atoms with Crippen LogP contribution in [0.1, 0.15) is 5.56 Å². The lowest BCUT2D eigenvalue weighted by atomic mass is 10.2. The van der Waals surface area contributed by atoms with Crippen LogP contribution < -0.4 is 10.9 Å². The smallest absolute Gasteiger partial charge is 0.286 e. The van der Waals surface area contributed by atoms with Gasteiger partial charge >= 0.3 is 0 Å². The van der Waals surface area contributed by atoms with Gasteiger partial charge in [-0.05, 0) is 23.6 Å². The number of aromatic amines is 1. The molecule has 0 aliphatic carbocycles. The molecule has 1 aliphatic heterocycles. The van der Waals surface area contributed by atoms with Gasteiger partial charge in [-0.1, -0.05) is 12.1 Å². The number of nitrogens with zero attached hydrogens (tertiary/aromatic N) is 1. The van der Waals surface area contributed by atoms with E-state index in [1.807, 2.05) is 0 Å². The summed E-state index contributed by atoms with van der Waals surface area (Å²) in [7, 11) is -3.95. The Bertz CT molecular complexity index is 1140. The lowest BCUT2D eigenvalue weighted by molar-refractivity contribution is 0.480. The van der Waals surface area contributed by atoms with Gasteiger partial charge in [-0.25, -0.2) is 0 Å². The maximum Gasteiger partial charge on any atom is 0.286 e. The first-order valence-electron chi connectivity index (χ1n) is 6.51. The molecule has 0 unspecified atom stereocenters. The van der Waals surface area contributed by atoms with E-state index in [2.05, 4.69) is 14.7 Å². The van der Waals surface area contributed by atoms with Crippen LogP contribution in [0.25, 0.3) is 10.2 Å². The third-order valence-corrected chi connectivity index (χ3v) is 5.71. The fraction of sp³-hybridized carbons (Fsp3) is 0. The number of hydrogen-bond donors (Lipinski definition) is 3. The summed E-state index contributed by atoms with van der Waals surface area (Å²) < 4.78 is 28.6. The highest BCUT2D eigenvalue weighted by molar-refractivity contribution is 7.90. The van der Waals surface area contributed by atoms with E-state index in [4.69, 9.17) is 0 Å². The third kappa shape index (κ3) is 2.05. The van der Waals surface area contributed by atoms with E-state index in [0.29, 0.717) is 15.9 Å². The fourth-order valence-corrected chi connectivity index (χ4v) is 4.36. The van der Waals surface area contributed by atoms with Crippen molar-refractivity contribution < 1.29 is 13.5 Å². The summed E-state index contributed by atoms with van der Waals surface area (Å²) in [5.41, 5.74) is -0.0178. The van der Waals surface area contributed by atoms with Crippen LogP contribution in [0.3, 0.4) is 0 Å². The van der Waals surface area contributed by atoms with E-state index in [1.165, 1.54) is 17.4 Å². The number of H-pyrrole nitrogens is 1. The van der Waals surface area contributed by atoms with Crippen LogP contribution in [-0.2, 0) is 10.0 Å². The molecule has 3 heterocycles. The van der Waals surface area contributed by atoms with Gasteiger partial charge in [0.1, 0.15) is 10.5 Å². The quantitative estimate of drug-likeness (QED) is 0.622. The van der Waals surface area contributed by atoms with Crippen LogP contribution in [0.15, 0.2) is 49.8 Å². The predicted molar refractivity (Wildman–Crippen MR) is 87.9 cm³/mol. The Morgan fingerprint density at radius 2 is 1.96 bits per heavy atom. The number of para-hydroxylation sites is 1. The Kier molecular flexibility index (Phi) is 2.84. The molecule has 0 amide bonds. The number of amidine groups is 1. The van der Waals surface area contributed by atoms with Gasteiger partial charge in [-0.15, -0.1) is 15.7 Å². The first-order valence-corrected chi connectivity index (χ1v) is 8.83. The first kappa shape index (κ1) is 14.0. The number of hydrogen-bond acceptors (Lipinski definition) is 6. The minimum atomic E-state index is -3.95. The molecule has 0 radical (unpaired) electrons. The van der Waals surface area contributed by atoms with Crippen molar-refractivity contribution >= 4 is 43.1 Å². The van der Waals surface area contributed by atoms with Crippen LogP contribution in [0, 0.1) is 0 Å². The molecule has 2 aromatic heterocycles. The average Bonchev–Trinajstić information content (AvgIpc) is 2.95. The molecule has 116 valence electrons. The molecule has 0 bridgehead atoms. The normalized spacial score (nSPS) is 15.7. The molecule has 1 aromatic carbocycles. The summed E-state index contributed by atoms with van der Waals surface area (Å²) in [6.45, 7) is 0. The molecule has 0 saturated heterocycles. The minimum absolute atomic E-state index is 0.0249. The van der Waals surface area contributed by atoms with Crippen molar-refractivity contribution in [2.24, 2.45) is 4.40 Å². The summed E-state index contributed by atoms with van der Waals surface area (Å²) in [6.07, 6.45) is 0. The molecule has 1 aliphatic rings. The lowest BCUT2D eigenvalue weighted by Gasteiger charge is -2.18. The summed E-state index contributed by atoms with van der Waals surface area (Å²) in [5, 5.41) is 14.9. The maximum absolute atomic E-state index is 12.3. The monoisotopic (exact) mass is 347 g/mol. The predicted octanol–water partition coefficient (Wildman–Crippen LogP) is 1.86. The second kappa shape index (κ2) is 4.67. The number of thiophene rings is 1. The lowest BCUT2D eigenvalue weighted by Crippen LogP contribution is -2.28. The maximum atomic E-state index is 12.3. The topological polar surface area (TPSA) is 112 Å². The molecule has 0 saturated carbocycles. The molecule has 0 atom stereocenters. The number of sulfonamides is 1. The van der Waals surface area contributed by atoms with Crippen molar-refractivity contribution in [3.63, 3.8) is 0 Å². The summed E-state index contributed by atoms with van der Waals surface area (Å²) in [4.78, 5) is 14.9.